The highest BCUT2D eigenvalue weighted by molar-refractivity contribution is 7.99. The monoisotopic (exact) mass is 577 g/mol. The molecule has 10 nitrogen and oxygen atoms in total. The maximum atomic E-state index is 12.9. The highest BCUT2D eigenvalue weighted by Crippen LogP contribution is 2.44. The maximum Gasteiger partial charge on any atom is 0.407 e. The van der Waals surface area contributed by atoms with Gasteiger partial charge in [-0.25, -0.2) is 19.6 Å². The minimum Gasteiger partial charge on any atom is -0.465 e. The summed E-state index contributed by atoms with van der Waals surface area (Å²) in [5.74, 6) is 0.341. The van der Waals surface area contributed by atoms with Crippen LogP contribution < -0.4 is 16.0 Å². The first kappa shape index (κ1) is 29.2. The van der Waals surface area contributed by atoms with Crippen LogP contribution in [0, 0.1) is 12.3 Å². The number of aryl methyl sites for hydroxylation is 1. The SMILES string of the molecule is COC(=O)c1cc(Sc2ccnc(N)c2Cl)c(C)nc1N1CCC2(CC1)CO[C@@H](C)[C@H]2NC(=O)OC(C)(C)C. The average molecular weight is 578 g/mol. The smallest absolute Gasteiger partial charge is 0.407 e. The van der Waals surface area contributed by atoms with Gasteiger partial charge in [-0.1, -0.05) is 23.4 Å². The van der Waals surface area contributed by atoms with E-state index in [2.05, 4.69) is 15.2 Å². The fourth-order valence-corrected chi connectivity index (χ4v) is 6.28. The van der Waals surface area contributed by atoms with Crippen LogP contribution in [0.5, 0.6) is 0 Å². The lowest BCUT2D eigenvalue weighted by atomic mass is 9.73. The number of hydrogen-bond donors (Lipinski definition) is 2. The van der Waals surface area contributed by atoms with Crippen LogP contribution in [0.15, 0.2) is 28.1 Å². The number of carbonyl (C=O) groups excluding carboxylic acids is 2. The number of alkyl carbamates (subject to hydrolysis) is 1. The number of hydrogen-bond acceptors (Lipinski definition) is 10. The molecule has 2 aliphatic heterocycles. The molecule has 1 spiro atoms. The van der Waals surface area contributed by atoms with Gasteiger partial charge in [0.1, 0.15) is 22.8 Å². The normalized spacial score (nSPS) is 20.6. The minimum absolute atomic E-state index is 0.138. The van der Waals surface area contributed by atoms with Crippen molar-refractivity contribution in [2.75, 3.05) is 37.4 Å². The summed E-state index contributed by atoms with van der Waals surface area (Å²) in [4.78, 5) is 37.9. The van der Waals surface area contributed by atoms with Gasteiger partial charge in [-0.3, -0.25) is 0 Å². The van der Waals surface area contributed by atoms with E-state index in [1.54, 1.807) is 18.3 Å². The third-order valence-corrected chi connectivity index (χ3v) is 8.85. The summed E-state index contributed by atoms with van der Waals surface area (Å²) in [7, 11) is 1.36. The van der Waals surface area contributed by atoms with Crippen LogP contribution in [-0.4, -0.2) is 66.6 Å². The highest BCUT2D eigenvalue weighted by atomic mass is 35.5. The largest absolute Gasteiger partial charge is 0.465 e. The number of halogens is 1. The summed E-state index contributed by atoms with van der Waals surface area (Å²) >= 11 is 7.72. The fourth-order valence-electron chi connectivity index (χ4n) is 5.12. The highest BCUT2D eigenvalue weighted by Gasteiger charge is 2.50. The number of anilines is 2. The van der Waals surface area contributed by atoms with E-state index in [-0.39, 0.29) is 23.4 Å². The van der Waals surface area contributed by atoms with Gasteiger partial charge in [0.25, 0.3) is 0 Å². The molecule has 1 amide bonds. The number of aromatic nitrogens is 2. The van der Waals surface area contributed by atoms with Gasteiger partial charge >= 0.3 is 12.1 Å². The second kappa shape index (κ2) is 11.4. The second-order valence-electron chi connectivity index (χ2n) is 11.0. The van der Waals surface area contributed by atoms with Crippen LogP contribution in [0.1, 0.15) is 56.6 Å². The van der Waals surface area contributed by atoms with Crippen LogP contribution in [0.4, 0.5) is 16.4 Å². The van der Waals surface area contributed by atoms with Crippen LogP contribution in [0.2, 0.25) is 5.02 Å². The van der Waals surface area contributed by atoms with E-state index in [1.807, 2.05) is 34.6 Å². The molecule has 3 N–H and O–H groups in total. The molecule has 0 saturated carbocycles. The molecule has 2 aromatic rings. The number of amides is 1. The molecule has 2 saturated heterocycles. The van der Waals surface area contributed by atoms with E-state index in [0.717, 1.165) is 28.3 Å². The molecule has 0 aliphatic carbocycles. The van der Waals surface area contributed by atoms with Crippen molar-refractivity contribution in [2.45, 2.75) is 75.0 Å². The summed E-state index contributed by atoms with van der Waals surface area (Å²) < 4.78 is 16.6. The molecule has 0 radical (unpaired) electrons. The molecule has 4 rings (SSSR count). The number of esters is 1. The van der Waals surface area contributed by atoms with E-state index in [0.29, 0.717) is 36.1 Å². The number of nitrogens with zero attached hydrogens (tertiary/aromatic N) is 3. The number of ether oxygens (including phenoxy) is 3. The maximum absolute atomic E-state index is 12.9. The molecular weight excluding hydrogens is 542 g/mol. The van der Waals surface area contributed by atoms with Gasteiger partial charge in [-0.15, -0.1) is 0 Å². The zero-order chi connectivity index (χ0) is 28.5. The predicted molar refractivity (Wildman–Crippen MR) is 151 cm³/mol. The quantitative estimate of drug-likeness (QED) is 0.475. The van der Waals surface area contributed by atoms with E-state index >= 15 is 0 Å². The average Bonchev–Trinajstić information content (AvgIpc) is 3.16. The lowest BCUT2D eigenvalue weighted by Gasteiger charge is -2.43. The lowest BCUT2D eigenvalue weighted by Crippen LogP contribution is -2.55. The molecule has 2 aromatic heterocycles. The number of nitrogens with two attached hydrogens (primary N) is 1. The van der Waals surface area contributed by atoms with Gasteiger partial charge in [0.2, 0.25) is 0 Å². The molecule has 39 heavy (non-hydrogen) atoms. The Balaban J connectivity index is 1.55. The molecule has 0 aromatic carbocycles. The summed E-state index contributed by atoms with van der Waals surface area (Å²) in [5.41, 5.74) is 6.16. The number of piperidine rings is 1. The Morgan fingerprint density at radius 3 is 2.62 bits per heavy atom. The summed E-state index contributed by atoms with van der Waals surface area (Å²) in [6.07, 6.45) is 2.51. The standard InChI is InChI=1S/C27H36ClN5O5S/c1-15-19(39-18-7-10-30-22(29)20(18)28)13-17(24(34)36-6)23(31-15)33-11-8-27(9-12-33)14-37-16(2)21(27)32-25(35)38-26(3,4)5/h7,10,13,16,21H,8-9,11-12,14H2,1-6H3,(H2,29,30)(H,32,35)/t16-,21+/m0/s1. The van der Waals surface area contributed by atoms with Crippen molar-refractivity contribution in [3.63, 3.8) is 0 Å². The molecule has 4 heterocycles. The molecule has 0 unspecified atom stereocenters. The number of nitrogens with one attached hydrogen (secondary N) is 1. The third-order valence-electron chi connectivity index (χ3n) is 7.15. The Morgan fingerprint density at radius 1 is 1.28 bits per heavy atom. The Hall–Kier alpha value is -2.76. The van der Waals surface area contributed by atoms with Crippen LogP contribution in [-0.2, 0) is 14.2 Å². The van der Waals surface area contributed by atoms with E-state index < -0.39 is 17.7 Å². The Kier molecular flexibility index (Phi) is 8.53. The van der Waals surface area contributed by atoms with E-state index in [4.69, 9.17) is 36.5 Å². The predicted octanol–water partition coefficient (Wildman–Crippen LogP) is 4.86. The summed E-state index contributed by atoms with van der Waals surface area (Å²) in [5, 5.41) is 3.42. The van der Waals surface area contributed by atoms with Gasteiger partial charge < -0.3 is 30.2 Å². The first-order chi connectivity index (χ1) is 18.3. The third kappa shape index (κ3) is 6.36. The van der Waals surface area contributed by atoms with E-state index in [1.165, 1.54) is 18.9 Å². The number of rotatable bonds is 5. The van der Waals surface area contributed by atoms with Crippen LogP contribution in [0.3, 0.4) is 0 Å². The lowest BCUT2D eigenvalue weighted by molar-refractivity contribution is 0.0433. The van der Waals surface area contributed by atoms with Crippen molar-refractivity contribution in [1.29, 1.82) is 0 Å². The first-order valence-corrected chi connectivity index (χ1v) is 14.1. The van der Waals surface area contributed by atoms with Crippen molar-refractivity contribution < 1.29 is 23.8 Å². The zero-order valence-electron chi connectivity index (χ0n) is 23.2. The zero-order valence-corrected chi connectivity index (χ0v) is 24.7. The molecule has 12 heteroatoms. The number of carbonyl (C=O) groups is 2. The first-order valence-electron chi connectivity index (χ1n) is 12.9. The molecule has 2 fully saturated rings. The van der Waals surface area contributed by atoms with Gasteiger partial charge in [0.05, 0.1) is 36.6 Å². The van der Waals surface area contributed by atoms with Crippen molar-refractivity contribution in [1.82, 2.24) is 15.3 Å². The number of nitrogen functional groups attached to an aromatic ring is 1. The Labute approximate surface area is 238 Å². The van der Waals surface area contributed by atoms with E-state index in [9.17, 15) is 9.59 Å². The van der Waals surface area contributed by atoms with Crippen LogP contribution in [0.25, 0.3) is 0 Å². The topological polar surface area (TPSA) is 129 Å². The van der Waals surface area contributed by atoms with Gasteiger partial charge in [0.15, 0.2) is 0 Å². The Bertz CT molecular complexity index is 1250. The van der Waals surface area contributed by atoms with Gasteiger partial charge in [-0.2, -0.15) is 0 Å². The van der Waals surface area contributed by atoms with Gasteiger partial charge in [-0.05, 0) is 59.6 Å². The minimum atomic E-state index is -0.586. The van der Waals surface area contributed by atoms with Crippen molar-refractivity contribution in [3.05, 3.63) is 34.6 Å². The van der Waals surface area contributed by atoms with Crippen molar-refractivity contribution in [2.24, 2.45) is 5.41 Å². The molecule has 2 atom stereocenters. The molecule has 2 aliphatic rings. The fraction of sp³-hybridized carbons (Fsp3) is 0.556. The molecular formula is C27H36ClN5O5S. The molecule has 212 valence electrons. The summed E-state index contributed by atoms with van der Waals surface area (Å²) in [6.45, 7) is 11.2. The second-order valence-corrected chi connectivity index (χ2v) is 12.5. The van der Waals surface area contributed by atoms with Gasteiger partial charge in [0, 0.05) is 34.5 Å². The van der Waals surface area contributed by atoms with Crippen molar-refractivity contribution >= 4 is 47.1 Å². The van der Waals surface area contributed by atoms with Crippen molar-refractivity contribution in [3.8, 4) is 0 Å². The number of methoxy groups -OCH3 is 1. The van der Waals surface area contributed by atoms with Crippen LogP contribution >= 0.6 is 23.4 Å². The summed E-state index contributed by atoms with van der Waals surface area (Å²) in [6, 6.07) is 3.38. The molecule has 0 bridgehead atoms. The Morgan fingerprint density at radius 2 is 1.97 bits per heavy atom. The number of pyridine rings is 2.